The third-order valence-corrected chi connectivity index (χ3v) is 14.5. The van der Waals surface area contributed by atoms with E-state index in [9.17, 15) is 86.8 Å². The van der Waals surface area contributed by atoms with E-state index >= 15 is 0 Å². The molecule has 0 aromatic heterocycles. The monoisotopic (exact) mass is 1080 g/mol. The van der Waals surface area contributed by atoms with Gasteiger partial charge >= 0.3 is 0 Å². The number of aliphatic hydroxyl groups excluding tert-OH is 17. The van der Waals surface area contributed by atoms with Gasteiger partial charge in [-0.1, -0.05) is 6.08 Å². The molecule has 21 rings (SSSR count). The van der Waals surface area contributed by atoms with Crippen LogP contribution in [-0.4, -0.2) is 336 Å². The predicted octanol–water partition coefficient (Wildman–Crippen LogP) is -12.4. The lowest BCUT2D eigenvalue weighted by molar-refractivity contribution is -0.395. The third kappa shape index (κ3) is 11.0. The SMILES string of the molecule is OC[C@H]1O[C@@H]2O[C@H]3[C@H](O)[C@@H](O)[C@@H](O[C@H]4[C@H](O)[C@@H](O)[C@@H](O[C@H]5[C@H](O)[C@@H](O)[C@@H](O[C@H]6[C@H](O)[C@@H](O)[C@@H](O[C@H]7[C@@H]8O[C@@H]8[C@@H](O[C@H]8C=C[C@@H](O[C@H]1[C@H](O)[C@H]2O)O[C@@H]8CO)O[C@@H]7CO)O[C@@H]6CO)O[C@@H]5CO)O[C@@H]4CO)O[C@@H]3CO. The van der Waals surface area contributed by atoms with Crippen LogP contribution in [0.15, 0.2) is 12.2 Å². The van der Waals surface area contributed by atoms with Gasteiger partial charge in [-0.15, -0.1) is 0 Å². The molecule has 0 unspecified atom stereocenters. The van der Waals surface area contributed by atoms with Crippen LogP contribution >= 0.6 is 0 Å². The van der Waals surface area contributed by atoms with Crippen LogP contribution in [0.5, 0.6) is 0 Å². The van der Waals surface area contributed by atoms with Crippen molar-refractivity contribution in [1.82, 2.24) is 0 Å². The molecule has 0 radical (unpaired) electrons. The van der Waals surface area contributed by atoms with Gasteiger partial charge in [-0.25, -0.2) is 0 Å². The maximum Gasteiger partial charge on any atom is 0.187 e. The molecule has 9 saturated heterocycles. The van der Waals surface area contributed by atoms with Crippen LogP contribution in [0.1, 0.15) is 0 Å². The molecule has 0 aromatic rings. The van der Waals surface area contributed by atoms with Crippen molar-refractivity contribution in [3.63, 3.8) is 0 Å². The minimum atomic E-state index is -2.16. The van der Waals surface area contributed by atoms with E-state index in [2.05, 4.69) is 0 Å². The molecule has 32 heteroatoms. The minimum absolute atomic E-state index is 0.689. The molecule has 9 fully saturated rings. The van der Waals surface area contributed by atoms with Gasteiger partial charge in [-0.3, -0.25) is 0 Å². The summed E-state index contributed by atoms with van der Waals surface area (Å²) < 4.78 is 87.3. The first-order chi connectivity index (χ1) is 35.5. The van der Waals surface area contributed by atoms with Gasteiger partial charge in [0.15, 0.2) is 44.0 Å². The van der Waals surface area contributed by atoms with Gasteiger partial charge in [-0.2, -0.15) is 0 Å². The van der Waals surface area contributed by atoms with Crippen LogP contribution in [0.25, 0.3) is 0 Å². The number of fused-ring (bicyclic) bond motifs is 1. The van der Waals surface area contributed by atoms with E-state index < -0.39 is 249 Å². The summed E-state index contributed by atoms with van der Waals surface area (Å²) >= 11 is 0. The number of rotatable bonds is 7. The van der Waals surface area contributed by atoms with Crippen molar-refractivity contribution < 1.29 is 158 Å². The van der Waals surface area contributed by atoms with Gasteiger partial charge in [0, 0.05) is 0 Å². The zero-order chi connectivity index (χ0) is 53.0. The molecule has 74 heavy (non-hydrogen) atoms. The largest absolute Gasteiger partial charge is 0.394 e. The number of aliphatic hydroxyl groups is 17. The van der Waals surface area contributed by atoms with Crippen molar-refractivity contribution in [3.05, 3.63) is 12.2 Å². The molecule has 0 spiro atoms. The first kappa shape index (κ1) is 57.2. The van der Waals surface area contributed by atoms with Crippen LogP contribution in [0.3, 0.4) is 0 Å². The average molecular weight is 1080 g/mol. The third-order valence-electron chi connectivity index (χ3n) is 14.5. The van der Waals surface area contributed by atoms with E-state index in [0.29, 0.717) is 0 Å². The Hall–Kier alpha value is -1.54. The van der Waals surface area contributed by atoms with E-state index in [1.54, 1.807) is 0 Å². The molecule has 17 N–H and O–H groups in total. The maximum atomic E-state index is 11.3. The fourth-order valence-electron chi connectivity index (χ4n) is 10.3. The molecular formula is C42H66O32. The van der Waals surface area contributed by atoms with E-state index in [-0.39, 0.29) is 0 Å². The van der Waals surface area contributed by atoms with Gasteiger partial charge in [0.05, 0.1) is 46.2 Å². The van der Waals surface area contributed by atoms with Crippen molar-refractivity contribution >= 4 is 0 Å². The molecule has 33 atom stereocenters. The molecule has 21 aliphatic rings. The van der Waals surface area contributed by atoms with Crippen LogP contribution < -0.4 is 0 Å². The minimum Gasteiger partial charge on any atom is -0.394 e. The quantitative estimate of drug-likeness (QED) is 0.0831. The van der Waals surface area contributed by atoms with E-state index in [4.69, 9.17) is 71.1 Å². The molecule has 21 heterocycles. The smallest absolute Gasteiger partial charge is 0.187 e. The highest BCUT2D eigenvalue weighted by Gasteiger charge is 2.62. The molecule has 32 nitrogen and oxygen atoms in total. The Morgan fingerprint density at radius 3 is 0.824 bits per heavy atom. The lowest BCUT2D eigenvalue weighted by Gasteiger charge is -2.49. The highest BCUT2D eigenvalue weighted by Crippen LogP contribution is 2.43. The van der Waals surface area contributed by atoms with Crippen molar-refractivity contribution in [2.45, 2.75) is 203 Å². The normalized spacial score (nSPS) is 55.3. The molecule has 426 valence electrons. The Labute approximate surface area is 418 Å². The van der Waals surface area contributed by atoms with E-state index in [1.165, 1.54) is 12.2 Å². The maximum absolute atomic E-state index is 11.3. The number of hydrogen-bond acceptors (Lipinski definition) is 32. The standard InChI is InChI=1S/C42H66O32/c43-3-11-10-1-2-18(60-11)68-29-12(4-44)62-37(24(55)19(29)50)70-30-13(5-45)63-38(25(56)20(30)51)71-31-14(6-46)64-39(26(57)21(31)52)72-32-15(7-47)65-40(27(58)22(32)53)73-33-16(8-48)66-41(28(59)23(33)54)74-34-17(9-49)67-42(61-10)36-35(34)69-36/h1-2,10-59H,3-9H2/t10-,11+,12+,13+,14+,15+,16+,17+,18+,19+,20+,21+,22+,23+,24+,25+,26+,27+,28+,29+,30+,31+,32+,33+,34+,35-,36-,37+,38+,39+,40+,41+,42-/m0/s1. The first-order valence-electron chi connectivity index (χ1n) is 24.1. The van der Waals surface area contributed by atoms with Crippen molar-refractivity contribution in [1.29, 1.82) is 0 Å². The lowest BCUT2D eigenvalue weighted by Crippen LogP contribution is -2.68. The summed E-state index contributed by atoms with van der Waals surface area (Å²) in [6.07, 6.45) is -53.4. The van der Waals surface area contributed by atoms with Crippen LogP contribution in [0.2, 0.25) is 0 Å². The summed E-state index contributed by atoms with van der Waals surface area (Å²) in [4.78, 5) is 0. The fraction of sp³-hybridized carbons (Fsp3) is 0.952. The number of epoxide rings is 1. The van der Waals surface area contributed by atoms with Crippen molar-refractivity contribution in [2.24, 2.45) is 0 Å². The average Bonchev–Trinajstić information content (AvgIpc) is 4.22. The van der Waals surface area contributed by atoms with Gasteiger partial charge < -0.3 is 158 Å². The number of hydrogen-bond donors (Lipinski definition) is 17. The van der Waals surface area contributed by atoms with Gasteiger partial charge in [0.1, 0.15) is 159 Å². The van der Waals surface area contributed by atoms with Crippen LogP contribution in [0, 0.1) is 0 Å². The van der Waals surface area contributed by atoms with Crippen molar-refractivity contribution in [2.75, 3.05) is 46.2 Å². The summed E-state index contributed by atoms with van der Waals surface area (Å²) in [6, 6.07) is 0. The number of ether oxygens (including phenoxy) is 15. The van der Waals surface area contributed by atoms with E-state index in [0.717, 1.165) is 0 Å². The molecule has 0 amide bonds. The molecule has 14 bridgehead atoms. The lowest BCUT2D eigenvalue weighted by atomic mass is 9.95. The zero-order valence-electron chi connectivity index (χ0n) is 38.9. The van der Waals surface area contributed by atoms with Gasteiger partial charge in [-0.05, 0) is 6.08 Å². The fourth-order valence-corrected chi connectivity index (χ4v) is 10.3. The second-order valence-corrected chi connectivity index (χ2v) is 19.1. The summed E-state index contributed by atoms with van der Waals surface area (Å²) in [7, 11) is 0. The molecule has 0 aromatic carbocycles. The first-order valence-corrected chi connectivity index (χ1v) is 24.1. The summed E-state index contributed by atoms with van der Waals surface area (Å²) in [5, 5.41) is 185. The molecule has 0 saturated carbocycles. The highest BCUT2D eigenvalue weighted by molar-refractivity contribution is 5.07. The Morgan fingerprint density at radius 1 is 0.216 bits per heavy atom. The Morgan fingerprint density at radius 2 is 0.500 bits per heavy atom. The summed E-state index contributed by atoms with van der Waals surface area (Å²) in [5.41, 5.74) is 0. The summed E-state index contributed by atoms with van der Waals surface area (Å²) in [6.45, 7) is -6.16. The van der Waals surface area contributed by atoms with Crippen LogP contribution in [-0.2, 0) is 71.1 Å². The van der Waals surface area contributed by atoms with E-state index in [1.807, 2.05) is 0 Å². The summed E-state index contributed by atoms with van der Waals surface area (Å²) in [5.74, 6) is 0. The zero-order valence-corrected chi connectivity index (χ0v) is 38.9. The van der Waals surface area contributed by atoms with Gasteiger partial charge in [0.25, 0.3) is 0 Å². The molecular weight excluding hydrogens is 1020 g/mol. The Balaban J connectivity index is 0.976. The Bertz CT molecular complexity index is 1820. The van der Waals surface area contributed by atoms with Crippen LogP contribution in [0.4, 0.5) is 0 Å². The molecule has 0 aliphatic carbocycles. The van der Waals surface area contributed by atoms with Crippen molar-refractivity contribution in [3.8, 4) is 0 Å². The highest BCUT2D eigenvalue weighted by atomic mass is 16.8. The molecule has 21 aliphatic heterocycles. The second kappa shape index (κ2) is 24.0. The topological polar surface area (TPSA) is 486 Å². The second-order valence-electron chi connectivity index (χ2n) is 19.1. The predicted molar refractivity (Wildman–Crippen MR) is 222 cm³/mol. The Kier molecular flexibility index (Phi) is 18.6. The van der Waals surface area contributed by atoms with Gasteiger partial charge in [0.2, 0.25) is 0 Å².